The maximum atomic E-state index is 5.96. The predicted octanol–water partition coefficient (Wildman–Crippen LogP) is 2.87. The van der Waals surface area contributed by atoms with Crippen LogP contribution in [0.15, 0.2) is 24.3 Å². The van der Waals surface area contributed by atoms with Crippen molar-refractivity contribution in [3.8, 4) is 0 Å². The molecule has 4 nitrogen and oxygen atoms in total. The number of nitrogens with zero attached hydrogens (tertiary/aromatic N) is 3. The minimum Gasteiger partial charge on any atom is -0.373 e. The summed E-state index contributed by atoms with van der Waals surface area (Å²) in [6.07, 6.45) is 1.27. The molecule has 0 spiro atoms. The fourth-order valence-corrected chi connectivity index (χ4v) is 3.58. The number of aryl methyl sites for hydroxylation is 1. The molecule has 1 aliphatic heterocycles. The van der Waals surface area contributed by atoms with Gasteiger partial charge in [-0.25, -0.2) is 0 Å². The van der Waals surface area contributed by atoms with Crippen LogP contribution in [0.4, 0.5) is 5.69 Å². The van der Waals surface area contributed by atoms with E-state index in [9.17, 15) is 0 Å². The van der Waals surface area contributed by atoms with Crippen molar-refractivity contribution in [2.75, 3.05) is 45.2 Å². The molecule has 1 atom stereocenters. The first-order chi connectivity index (χ1) is 11.1. The molecule has 1 fully saturated rings. The van der Waals surface area contributed by atoms with Gasteiger partial charge in [0.25, 0.3) is 0 Å². The van der Waals surface area contributed by atoms with Crippen LogP contribution in [-0.2, 0) is 11.2 Å². The molecule has 1 unspecified atom stereocenters. The number of morpholine rings is 1. The summed E-state index contributed by atoms with van der Waals surface area (Å²) in [5.41, 5.74) is 4.97. The molecule has 0 bridgehead atoms. The molecule has 4 heteroatoms. The zero-order valence-corrected chi connectivity index (χ0v) is 14.7. The number of anilines is 1. The second kappa shape index (κ2) is 6.85. The first kappa shape index (κ1) is 16.2. The summed E-state index contributed by atoms with van der Waals surface area (Å²) in [4.78, 5) is 9.51. The average molecular weight is 313 g/mol. The van der Waals surface area contributed by atoms with Crippen molar-refractivity contribution in [2.45, 2.75) is 26.4 Å². The van der Waals surface area contributed by atoms with Gasteiger partial charge in [0.15, 0.2) is 0 Å². The minimum atomic E-state index is 0.260. The Labute approximate surface area is 139 Å². The molecular formula is C19H27N3O. The highest BCUT2D eigenvalue weighted by Gasteiger charge is 2.25. The van der Waals surface area contributed by atoms with Gasteiger partial charge in [0.2, 0.25) is 0 Å². The Balaban J connectivity index is 2.03. The quantitative estimate of drug-likeness (QED) is 0.868. The third kappa shape index (κ3) is 3.33. The highest BCUT2D eigenvalue weighted by Crippen LogP contribution is 2.33. The number of aromatic nitrogens is 1. The van der Waals surface area contributed by atoms with Crippen LogP contribution in [0.2, 0.25) is 0 Å². The lowest BCUT2D eigenvalue weighted by atomic mass is 10.0. The van der Waals surface area contributed by atoms with Gasteiger partial charge in [-0.1, -0.05) is 25.1 Å². The first-order valence-electron chi connectivity index (χ1n) is 8.49. The standard InChI is InChI=1S/C19H27N3O/c1-5-16-14(2)20-18-9-7-6-8-17(18)19(16)22-10-11-23-15(13-22)12-21(3)4/h6-9,15H,5,10-13H2,1-4H3. The summed E-state index contributed by atoms with van der Waals surface area (Å²) in [7, 11) is 4.21. The summed E-state index contributed by atoms with van der Waals surface area (Å²) >= 11 is 0. The van der Waals surface area contributed by atoms with Gasteiger partial charge in [-0.05, 0) is 39.1 Å². The first-order valence-corrected chi connectivity index (χ1v) is 8.49. The van der Waals surface area contributed by atoms with Crippen molar-refractivity contribution < 1.29 is 4.74 Å². The maximum absolute atomic E-state index is 5.96. The number of hydrogen-bond acceptors (Lipinski definition) is 4. The number of hydrogen-bond donors (Lipinski definition) is 0. The van der Waals surface area contributed by atoms with E-state index in [4.69, 9.17) is 9.72 Å². The topological polar surface area (TPSA) is 28.6 Å². The molecule has 2 aromatic rings. The van der Waals surface area contributed by atoms with Crippen molar-refractivity contribution in [1.29, 1.82) is 0 Å². The lowest BCUT2D eigenvalue weighted by Crippen LogP contribution is -2.47. The number of pyridine rings is 1. The third-order valence-electron chi connectivity index (χ3n) is 4.55. The van der Waals surface area contributed by atoms with Crippen LogP contribution in [-0.4, -0.2) is 56.3 Å². The summed E-state index contributed by atoms with van der Waals surface area (Å²) in [5, 5.41) is 1.26. The van der Waals surface area contributed by atoms with Gasteiger partial charge < -0.3 is 14.5 Å². The molecule has 0 saturated carbocycles. The van der Waals surface area contributed by atoms with Gasteiger partial charge in [-0.15, -0.1) is 0 Å². The van der Waals surface area contributed by atoms with E-state index in [0.717, 1.165) is 43.9 Å². The van der Waals surface area contributed by atoms with E-state index in [2.05, 4.69) is 62.0 Å². The van der Waals surface area contributed by atoms with Gasteiger partial charge in [-0.3, -0.25) is 4.98 Å². The average Bonchev–Trinajstić information content (AvgIpc) is 2.53. The summed E-state index contributed by atoms with van der Waals surface area (Å²) in [6.45, 7) is 7.99. The highest BCUT2D eigenvalue weighted by atomic mass is 16.5. The summed E-state index contributed by atoms with van der Waals surface area (Å²) in [6, 6.07) is 8.49. The SMILES string of the molecule is CCc1c(C)nc2ccccc2c1N1CCOC(CN(C)C)C1. The Hall–Kier alpha value is -1.65. The highest BCUT2D eigenvalue weighted by molar-refractivity contribution is 5.94. The van der Waals surface area contributed by atoms with Gasteiger partial charge in [0.05, 0.1) is 23.9 Å². The van der Waals surface area contributed by atoms with E-state index in [1.807, 2.05) is 0 Å². The van der Waals surface area contributed by atoms with Gasteiger partial charge >= 0.3 is 0 Å². The van der Waals surface area contributed by atoms with Crippen LogP contribution in [0, 0.1) is 6.92 Å². The Morgan fingerprint density at radius 1 is 1.30 bits per heavy atom. The van der Waals surface area contributed by atoms with Crippen molar-refractivity contribution in [3.63, 3.8) is 0 Å². The number of rotatable bonds is 4. The zero-order chi connectivity index (χ0) is 16.4. The second-order valence-corrected chi connectivity index (χ2v) is 6.60. The summed E-state index contributed by atoms with van der Waals surface area (Å²) < 4.78 is 5.96. The number of fused-ring (bicyclic) bond motifs is 1. The maximum Gasteiger partial charge on any atom is 0.0877 e. The zero-order valence-electron chi connectivity index (χ0n) is 14.7. The van der Waals surface area contributed by atoms with Gasteiger partial charge in [0.1, 0.15) is 0 Å². The minimum absolute atomic E-state index is 0.260. The fraction of sp³-hybridized carbons (Fsp3) is 0.526. The van der Waals surface area contributed by atoms with E-state index in [0.29, 0.717) is 0 Å². The molecule has 0 amide bonds. The molecule has 1 aromatic heterocycles. The molecular weight excluding hydrogens is 286 g/mol. The van der Waals surface area contributed by atoms with E-state index in [1.54, 1.807) is 0 Å². The molecule has 1 aromatic carbocycles. The lowest BCUT2D eigenvalue weighted by molar-refractivity contribution is 0.0248. The molecule has 3 rings (SSSR count). The smallest absolute Gasteiger partial charge is 0.0877 e. The van der Waals surface area contributed by atoms with Crippen LogP contribution >= 0.6 is 0 Å². The van der Waals surface area contributed by atoms with Crippen LogP contribution in [0.5, 0.6) is 0 Å². The van der Waals surface area contributed by atoms with E-state index in [-0.39, 0.29) is 6.10 Å². The lowest BCUT2D eigenvalue weighted by Gasteiger charge is -2.37. The van der Waals surface area contributed by atoms with E-state index in [1.165, 1.54) is 16.6 Å². The third-order valence-corrected chi connectivity index (χ3v) is 4.55. The van der Waals surface area contributed by atoms with E-state index >= 15 is 0 Å². The molecule has 0 aliphatic carbocycles. The molecule has 2 heterocycles. The molecule has 124 valence electrons. The van der Waals surface area contributed by atoms with Crippen molar-refractivity contribution in [2.24, 2.45) is 0 Å². The molecule has 1 saturated heterocycles. The number of benzene rings is 1. The largest absolute Gasteiger partial charge is 0.373 e. The van der Waals surface area contributed by atoms with Gasteiger partial charge in [0, 0.05) is 30.7 Å². The number of para-hydroxylation sites is 1. The number of ether oxygens (including phenoxy) is 1. The molecule has 23 heavy (non-hydrogen) atoms. The van der Waals surface area contributed by atoms with Crippen LogP contribution in [0.25, 0.3) is 10.9 Å². The van der Waals surface area contributed by atoms with E-state index < -0.39 is 0 Å². The monoisotopic (exact) mass is 313 g/mol. The molecule has 0 radical (unpaired) electrons. The number of likely N-dealkylation sites (N-methyl/N-ethyl adjacent to an activating group) is 1. The van der Waals surface area contributed by atoms with Crippen molar-refractivity contribution >= 4 is 16.6 Å². The predicted molar refractivity (Wildman–Crippen MR) is 96.4 cm³/mol. The Morgan fingerprint density at radius 2 is 2.09 bits per heavy atom. The molecule has 1 aliphatic rings. The second-order valence-electron chi connectivity index (χ2n) is 6.60. The Bertz CT molecular complexity index is 684. The van der Waals surface area contributed by atoms with Crippen molar-refractivity contribution in [1.82, 2.24) is 9.88 Å². The van der Waals surface area contributed by atoms with Crippen LogP contribution in [0.1, 0.15) is 18.2 Å². The summed E-state index contributed by atoms with van der Waals surface area (Å²) in [5.74, 6) is 0. The Kier molecular flexibility index (Phi) is 4.83. The van der Waals surface area contributed by atoms with Crippen LogP contribution in [0.3, 0.4) is 0 Å². The van der Waals surface area contributed by atoms with Crippen LogP contribution < -0.4 is 4.90 Å². The molecule has 0 N–H and O–H groups in total. The van der Waals surface area contributed by atoms with Gasteiger partial charge in [-0.2, -0.15) is 0 Å². The van der Waals surface area contributed by atoms with Crippen molar-refractivity contribution in [3.05, 3.63) is 35.5 Å². The Morgan fingerprint density at radius 3 is 2.83 bits per heavy atom. The fourth-order valence-electron chi connectivity index (χ4n) is 3.58. The normalized spacial score (nSPS) is 18.8.